The Kier molecular flexibility index (Phi) is 8.07. The van der Waals surface area contributed by atoms with E-state index in [9.17, 15) is 9.18 Å². The maximum atomic E-state index is 12.8. The number of aryl methyl sites for hydroxylation is 1. The van der Waals surface area contributed by atoms with Crippen LogP contribution in [0.4, 0.5) is 4.39 Å². The molecular weight excluding hydrogens is 407 g/mol. The van der Waals surface area contributed by atoms with Gasteiger partial charge in [0.25, 0.3) is 5.91 Å². The van der Waals surface area contributed by atoms with E-state index in [0.29, 0.717) is 24.5 Å². The van der Waals surface area contributed by atoms with Crippen LogP contribution in [0.2, 0.25) is 0 Å². The van der Waals surface area contributed by atoms with Gasteiger partial charge >= 0.3 is 0 Å². The Balaban J connectivity index is 1.32. The van der Waals surface area contributed by atoms with Gasteiger partial charge in [0, 0.05) is 28.1 Å². The Labute approximate surface area is 178 Å². The maximum Gasteiger partial charge on any atom is 0.251 e. The van der Waals surface area contributed by atoms with E-state index < -0.39 is 0 Å². The minimum Gasteiger partial charge on any atom is -0.494 e. The average molecular weight is 431 g/mol. The molecular formula is C22H23FN2O2S2. The molecule has 2 aromatic carbocycles. The molecule has 152 valence electrons. The third-order valence-corrected chi connectivity index (χ3v) is 5.98. The molecule has 7 heteroatoms. The normalized spacial score (nSPS) is 10.7. The number of nitrogens with one attached hydrogen (secondary N) is 1. The third kappa shape index (κ3) is 7.18. The Bertz CT molecular complexity index is 911. The number of halogens is 1. The van der Waals surface area contributed by atoms with Crippen molar-refractivity contribution in [2.24, 2.45) is 0 Å². The lowest BCUT2D eigenvalue weighted by atomic mass is 10.2. The molecule has 3 aromatic rings. The van der Waals surface area contributed by atoms with Gasteiger partial charge in [0.15, 0.2) is 0 Å². The zero-order chi connectivity index (χ0) is 20.5. The maximum absolute atomic E-state index is 12.8. The molecule has 0 aliphatic carbocycles. The average Bonchev–Trinajstić information content (AvgIpc) is 3.16. The number of benzene rings is 2. The fourth-order valence-corrected chi connectivity index (χ4v) is 4.10. The summed E-state index contributed by atoms with van der Waals surface area (Å²) in [5.41, 5.74) is 1.74. The molecule has 0 aliphatic heterocycles. The van der Waals surface area contributed by atoms with Crippen LogP contribution in [0.15, 0.2) is 58.8 Å². The number of nitrogens with zero attached hydrogens (tertiary/aromatic N) is 1. The van der Waals surface area contributed by atoms with Crippen LogP contribution in [0.5, 0.6) is 5.75 Å². The molecule has 0 saturated heterocycles. The SMILES string of the molecule is Cc1nc(CSc2ccc(C(=O)NCCCCOc3ccc(F)cc3)cc2)cs1. The van der Waals surface area contributed by atoms with Gasteiger partial charge in [-0.2, -0.15) is 0 Å². The number of hydrogen-bond acceptors (Lipinski definition) is 5. The van der Waals surface area contributed by atoms with E-state index >= 15 is 0 Å². The van der Waals surface area contributed by atoms with Crippen molar-refractivity contribution in [2.45, 2.75) is 30.4 Å². The van der Waals surface area contributed by atoms with Crippen molar-refractivity contribution in [3.63, 3.8) is 0 Å². The van der Waals surface area contributed by atoms with Crippen molar-refractivity contribution >= 4 is 29.0 Å². The first-order valence-electron chi connectivity index (χ1n) is 9.40. The van der Waals surface area contributed by atoms with Gasteiger partial charge in [0.2, 0.25) is 0 Å². The molecule has 1 aromatic heterocycles. The van der Waals surface area contributed by atoms with Crippen LogP contribution in [0, 0.1) is 12.7 Å². The highest BCUT2D eigenvalue weighted by molar-refractivity contribution is 7.98. The fourth-order valence-electron chi connectivity index (χ4n) is 2.59. The van der Waals surface area contributed by atoms with Gasteiger partial charge in [-0.1, -0.05) is 0 Å². The molecule has 0 unspecified atom stereocenters. The number of thioether (sulfide) groups is 1. The Morgan fingerprint density at radius 2 is 1.90 bits per heavy atom. The lowest BCUT2D eigenvalue weighted by Gasteiger charge is -2.08. The van der Waals surface area contributed by atoms with Gasteiger partial charge < -0.3 is 10.1 Å². The summed E-state index contributed by atoms with van der Waals surface area (Å²) in [5, 5.41) is 6.08. The highest BCUT2D eigenvalue weighted by atomic mass is 32.2. The van der Waals surface area contributed by atoms with Crippen molar-refractivity contribution < 1.29 is 13.9 Å². The van der Waals surface area contributed by atoms with Crippen molar-refractivity contribution in [3.05, 3.63) is 76.0 Å². The zero-order valence-corrected chi connectivity index (χ0v) is 17.8. The fraction of sp³-hybridized carbons (Fsp3) is 0.273. The number of hydrogen-bond donors (Lipinski definition) is 1. The molecule has 1 N–H and O–H groups in total. The smallest absolute Gasteiger partial charge is 0.251 e. The standard InChI is InChI=1S/C22H23FN2O2S2/c1-16-25-19(14-28-16)15-29-21-10-4-17(5-11-21)22(26)24-12-2-3-13-27-20-8-6-18(23)7-9-20/h4-11,14H,2-3,12-13,15H2,1H3,(H,24,26). The number of aromatic nitrogens is 1. The second kappa shape index (κ2) is 11.0. The van der Waals surface area contributed by atoms with Crippen LogP contribution in [0.1, 0.15) is 33.9 Å². The molecule has 0 spiro atoms. The summed E-state index contributed by atoms with van der Waals surface area (Å²) in [6.45, 7) is 3.13. The summed E-state index contributed by atoms with van der Waals surface area (Å²) in [5.74, 6) is 1.13. The van der Waals surface area contributed by atoms with Gasteiger partial charge in [-0.05, 0) is 68.3 Å². The highest BCUT2D eigenvalue weighted by Gasteiger charge is 2.06. The summed E-state index contributed by atoms with van der Waals surface area (Å²) >= 11 is 3.37. The number of thiazole rings is 1. The molecule has 3 rings (SSSR count). The number of amides is 1. The van der Waals surface area contributed by atoms with Gasteiger partial charge in [-0.15, -0.1) is 23.1 Å². The summed E-state index contributed by atoms with van der Waals surface area (Å²) < 4.78 is 18.4. The van der Waals surface area contributed by atoms with E-state index in [2.05, 4.69) is 15.7 Å². The molecule has 4 nitrogen and oxygen atoms in total. The predicted molar refractivity (Wildman–Crippen MR) is 116 cm³/mol. The number of ether oxygens (including phenoxy) is 1. The summed E-state index contributed by atoms with van der Waals surface area (Å²) in [4.78, 5) is 17.8. The lowest BCUT2D eigenvalue weighted by molar-refractivity contribution is 0.0952. The van der Waals surface area contributed by atoms with Gasteiger partial charge in [-0.25, -0.2) is 9.37 Å². The van der Waals surface area contributed by atoms with Crippen LogP contribution in [0.25, 0.3) is 0 Å². The summed E-state index contributed by atoms with van der Waals surface area (Å²) in [6, 6.07) is 13.6. The Morgan fingerprint density at radius 3 is 2.59 bits per heavy atom. The number of carbonyl (C=O) groups excluding carboxylic acids is 1. The van der Waals surface area contributed by atoms with Crippen molar-refractivity contribution in [1.82, 2.24) is 10.3 Å². The van der Waals surface area contributed by atoms with E-state index in [1.807, 2.05) is 31.2 Å². The first-order valence-corrected chi connectivity index (χ1v) is 11.3. The highest BCUT2D eigenvalue weighted by Crippen LogP contribution is 2.23. The number of rotatable bonds is 10. The first kappa shape index (κ1) is 21.3. The summed E-state index contributed by atoms with van der Waals surface area (Å²) in [6.07, 6.45) is 1.62. The second-order valence-electron chi connectivity index (χ2n) is 6.44. The first-order chi connectivity index (χ1) is 14.1. The molecule has 0 saturated carbocycles. The largest absolute Gasteiger partial charge is 0.494 e. The molecule has 1 heterocycles. The van der Waals surface area contributed by atoms with Gasteiger partial charge in [0.05, 0.1) is 17.3 Å². The quantitative estimate of drug-likeness (QED) is 0.342. The molecule has 0 fully saturated rings. The monoisotopic (exact) mass is 430 g/mol. The molecule has 0 aliphatic rings. The molecule has 0 radical (unpaired) electrons. The molecule has 1 amide bonds. The van der Waals surface area contributed by atoms with Crippen LogP contribution < -0.4 is 10.1 Å². The van der Waals surface area contributed by atoms with E-state index in [-0.39, 0.29) is 11.7 Å². The van der Waals surface area contributed by atoms with Crippen molar-refractivity contribution in [3.8, 4) is 5.75 Å². The minimum absolute atomic E-state index is 0.0730. The van der Waals surface area contributed by atoms with Gasteiger partial charge in [0.1, 0.15) is 11.6 Å². The third-order valence-electron chi connectivity index (χ3n) is 4.11. The van der Waals surface area contributed by atoms with Crippen molar-refractivity contribution in [2.75, 3.05) is 13.2 Å². The lowest BCUT2D eigenvalue weighted by Crippen LogP contribution is -2.24. The van der Waals surface area contributed by atoms with Crippen LogP contribution in [-0.4, -0.2) is 24.0 Å². The summed E-state index contributed by atoms with van der Waals surface area (Å²) in [7, 11) is 0. The predicted octanol–water partition coefficient (Wildman–Crippen LogP) is 5.47. The van der Waals surface area contributed by atoms with Crippen LogP contribution in [0.3, 0.4) is 0 Å². The molecule has 29 heavy (non-hydrogen) atoms. The number of unbranched alkanes of at least 4 members (excludes halogenated alkanes) is 1. The Morgan fingerprint density at radius 1 is 1.14 bits per heavy atom. The topological polar surface area (TPSA) is 51.2 Å². The zero-order valence-electron chi connectivity index (χ0n) is 16.2. The molecule has 0 atom stereocenters. The van der Waals surface area contributed by atoms with Crippen LogP contribution >= 0.6 is 23.1 Å². The van der Waals surface area contributed by atoms with Gasteiger partial charge in [-0.3, -0.25) is 4.79 Å². The minimum atomic E-state index is -0.277. The van der Waals surface area contributed by atoms with E-state index in [4.69, 9.17) is 4.74 Å². The van der Waals surface area contributed by atoms with E-state index in [1.54, 1.807) is 35.2 Å². The van der Waals surface area contributed by atoms with E-state index in [1.165, 1.54) is 12.1 Å². The molecule has 0 bridgehead atoms. The van der Waals surface area contributed by atoms with Crippen molar-refractivity contribution in [1.29, 1.82) is 0 Å². The van der Waals surface area contributed by atoms with E-state index in [0.717, 1.165) is 34.2 Å². The Hall–Kier alpha value is -2.38. The second-order valence-corrected chi connectivity index (χ2v) is 8.55. The van der Waals surface area contributed by atoms with Crippen LogP contribution in [-0.2, 0) is 5.75 Å². The number of carbonyl (C=O) groups is 1.